The number of rotatable bonds is 5. The molecule has 0 saturated heterocycles. The van der Waals surface area contributed by atoms with Crippen LogP contribution in [0.2, 0.25) is 0 Å². The molecule has 3 nitrogen and oxygen atoms in total. The fourth-order valence-corrected chi connectivity index (χ4v) is 2.12. The predicted octanol–water partition coefficient (Wildman–Crippen LogP) is 3.40. The van der Waals surface area contributed by atoms with Crippen molar-refractivity contribution < 1.29 is 14.3 Å². The summed E-state index contributed by atoms with van der Waals surface area (Å²) in [7, 11) is 0. The summed E-state index contributed by atoms with van der Waals surface area (Å²) < 4.78 is 13.6. The van der Waals surface area contributed by atoms with Crippen molar-refractivity contribution in [2.24, 2.45) is 0 Å². The number of carbonyl (C=O) groups is 1. The van der Waals surface area contributed by atoms with E-state index in [4.69, 9.17) is 5.11 Å². The van der Waals surface area contributed by atoms with E-state index >= 15 is 0 Å². The van der Waals surface area contributed by atoms with Crippen LogP contribution in [0, 0.1) is 5.82 Å². The highest BCUT2D eigenvalue weighted by Gasteiger charge is 2.05. The molecule has 2 rings (SSSR count). The number of hydrogen-bond donors (Lipinski definition) is 2. The maximum Gasteiger partial charge on any atom is 0.248 e. The lowest BCUT2D eigenvalue weighted by Crippen LogP contribution is -2.08. The fourth-order valence-electron chi connectivity index (χ4n) is 2.12. The van der Waals surface area contributed by atoms with Crippen LogP contribution in [-0.4, -0.2) is 17.6 Å². The highest BCUT2D eigenvalue weighted by atomic mass is 19.1. The Morgan fingerprint density at radius 3 is 2.50 bits per heavy atom. The minimum atomic E-state index is -0.350. The second kappa shape index (κ2) is 7.52. The Kier molecular flexibility index (Phi) is 5.44. The van der Waals surface area contributed by atoms with Crippen LogP contribution in [0.4, 0.5) is 10.1 Å². The number of hydrogen-bond acceptors (Lipinski definition) is 2. The number of benzene rings is 2. The van der Waals surface area contributed by atoms with E-state index in [1.807, 2.05) is 12.1 Å². The Morgan fingerprint density at radius 1 is 1.18 bits per heavy atom. The standard InChI is InChI=1S/C18H18FNO2/c1-13(16-4-2-3-5-17(16)19)12-18(22)20-15-8-6-14(7-9-15)10-11-21/h2-9,12,21H,10-11H2,1H3,(H,20,22). The van der Waals surface area contributed by atoms with Crippen molar-refractivity contribution >= 4 is 17.2 Å². The lowest BCUT2D eigenvalue weighted by atomic mass is 10.1. The third-order valence-electron chi connectivity index (χ3n) is 3.27. The van der Waals surface area contributed by atoms with E-state index in [-0.39, 0.29) is 18.3 Å². The highest BCUT2D eigenvalue weighted by molar-refractivity contribution is 6.03. The first-order chi connectivity index (χ1) is 10.6. The van der Waals surface area contributed by atoms with E-state index in [2.05, 4.69) is 5.32 Å². The molecule has 114 valence electrons. The van der Waals surface area contributed by atoms with Crippen LogP contribution in [-0.2, 0) is 11.2 Å². The molecule has 0 aliphatic rings. The van der Waals surface area contributed by atoms with Gasteiger partial charge >= 0.3 is 0 Å². The predicted molar refractivity (Wildman–Crippen MR) is 85.9 cm³/mol. The van der Waals surface area contributed by atoms with Gasteiger partial charge in [0.05, 0.1) is 0 Å². The molecule has 1 amide bonds. The third-order valence-corrected chi connectivity index (χ3v) is 3.27. The average Bonchev–Trinajstić information content (AvgIpc) is 2.50. The quantitative estimate of drug-likeness (QED) is 0.831. The molecule has 4 heteroatoms. The van der Waals surface area contributed by atoms with Crippen molar-refractivity contribution in [1.29, 1.82) is 0 Å². The monoisotopic (exact) mass is 299 g/mol. The molecule has 2 aromatic carbocycles. The second-order valence-electron chi connectivity index (χ2n) is 4.97. The van der Waals surface area contributed by atoms with Crippen molar-refractivity contribution in [2.45, 2.75) is 13.3 Å². The zero-order valence-electron chi connectivity index (χ0n) is 12.3. The average molecular weight is 299 g/mol. The van der Waals surface area contributed by atoms with Crippen LogP contribution in [0.15, 0.2) is 54.6 Å². The van der Waals surface area contributed by atoms with Gasteiger partial charge < -0.3 is 10.4 Å². The van der Waals surface area contributed by atoms with Gasteiger partial charge in [-0.3, -0.25) is 4.79 Å². The van der Waals surface area contributed by atoms with Gasteiger partial charge in [-0.2, -0.15) is 0 Å². The first-order valence-electron chi connectivity index (χ1n) is 7.04. The van der Waals surface area contributed by atoms with Gasteiger partial charge in [0.15, 0.2) is 0 Å². The molecule has 0 aliphatic carbocycles. The van der Waals surface area contributed by atoms with Crippen molar-refractivity contribution in [3.05, 3.63) is 71.6 Å². The summed E-state index contributed by atoms with van der Waals surface area (Å²) in [5.41, 5.74) is 2.63. The number of anilines is 1. The molecular formula is C18H18FNO2. The molecule has 0 aliphatic heterocycles. The molecule has 0 unspecified atom stereocenters. The smallest absolute Gasteiger partial charge is 0.248 e. The van der Waals surface area contributed by atoms with E-state index in [1.165, 1.54) is 12.1 Å². The molecule has 2 aromatic rings. The number of nitrogens with one attached hydrogen (secondary N) is 1. The van der Waals surface area contributed by atoms with Crippen LogP contribution >= 0.6 is 0 Å². The van der Waals surface area contributed by atoms with Gasteiger partial charge in [0.25, 0.3) is 0 Å². The first kappa shape index (κ1) is 15.9. The van der Waals surface area contributed by atoms with Gasteiger partial charge in [-0.05, 0) is 42.7 Å². The molecule has 0 aromatic heterocycles. The van der Waals surface area contributed by atoms with Crippen LogP contribution in [0.1, 0.15) is 18.1 Å². The van der Waals surface area contributed by atoms with Gasteiger partial charge in [-0.15, -0.1) is 0 Å². The fraction of sp³-hybridized carbons (Fsp3) is 0.167. The zero-order valence-corrected chi connectivity index (χ0v) is 12.3. The molecule has 0 bridgehead atoms. The lowest BCUT2D eigenvalue weighted by Gasteiger charge is -2.06. The highest BCUT2D eigenvalue weighted by Crippen LogP contribution is 2.17. The van der Waals surface area contributed by atoms with E-state index < -0.39 is 0 Å². The number of halogens is 1. The van der Waals surface area contributed by atoms with Crippen LogP contribution in [0.3, 0.4) is 0 Å². The lowest BCUT2D eigenvalue weighted by molar-refractivity contribution is -0.111. The molecule has 0 spiro atoms. The Labute approximate surface area is 129 Å². The van der Waals surface area contributed by atoms with E-state index in [9.17, 15) is 9.18 Å². The molecule has 0 heterocycles. The topological polar surface area (TPSA) is 49.3 Å². The van der Waals surface area contributed by atoms with Crippen molar-refractivity contribution in [3.63, 3.8) is 0 Å². The Morgan fingerprint density at radius 2 is 1.86 bits per heavy atom. The number of carbonyl (C=O) groups excluding carboxylic acids is 1. The Bertz CT molecular complexity index is 678. The van der Waals surface area contributed by atoms with Crippen LogP contribution in [0.25, 0.3) is 5.57 Å². The Balaban J connectivity index is 2.06. The minimum absolute atomic E-state index is 0.0935. The summed E-state index contributed by atoms with van der Waals surface area (Å²) in [6, 6.07) is 13.6. The minimum Gasteiger partial charge on any atom is -0.396 e. The summed E-state index contributed by atoms with van der Waals surface area (Å²) in [4.78, 5) is 12.0. The van der Waals surface area contributed by atoms with E-state index in [0.29, 0.717) is 23.2 Å². The number of amides is 1. The number of aliphatic hydroxyl groups excluding tert-OH is 1. The summed E-state index contributed by atoms with van der Waals surface area (Å²) in [5.74, 6) is -0.659. The van der Waals surface area contributed by atoms with Crippen LogP contribution in [0.5, 0.6) is 0 Å². The number of aliphatic hydroxyl groups is 1. The summed E-state index contributed by atoms with van der Waals surface area (Å²) >= 11 is 0. The SMILES string of the molecule is CC(=CC(=O)Nc1ccc(CCO)cc1)c1ccccc1F. The Hall–Kier alpha value is -2.46. The zero-order chi connectivity index (χ0) is 15.9. The van der Waals surface area contributed by atoms with Gasteiger partial charge in [0.1, 0.15) is 5.82 Å². The largest absolute Gasteiger partial charge is 0.396 e. The maximum absolute atomic E-state index is 13.6. The molecule has 0 fully saturated rings. The molecule has 2 N–H and O–H groups in total. The number of allylic oxidation sites excluding steroid dienone is 1. The molecule has 22 heavy (non-hydrogen) atoms. The van der Waals surface area contributed by atoms with Crippen molar-refractivity contribution in [1.82, 2.24) is 0 Å². The van der Waals surface area contributed by atoms with E-state index in [0.717, 1.165) is 5.56 Å². The third kappa shape index (κ3) is 4.27. The summed E-state index contributed by atoms with van der Waals surface area (Å²) in [6.45, 7) is 1.79. The van der Waals surface area contributed by atoms with Gasteiger partial charge in [0, 0.05) is 23.9 Å². The molecular weight excluding hydrogens is 281 g/mol. The second-order valence-corrected chi connectivity index (χ2v) is 4.97. The van der Waals surface area contributed by atoms with Crippen molar-refractivity contribution in [2.75, 3.05) is 11.9 Å². The molecule has 0 saturated carbocycles. The van der Waals surface area contributed by atoms with Gasteiger partial charge in [0.2, 0.25) is 5.91 Å². The first-order valence-corrected chi connectivity index (χ1v) is 7.04. The normalized spacial score (nSPS) is 11.3. The maximum atomic E-state index is 13.6. The molecule has 0 radical (unpaired) electrons. The summed E-state index contributed by atoms with van der Waals surface area (Å²) in [5, 5.41) is 11.6. The molecule has 0 atom stereocenters. The van der Waals surface area contributed by atoms with Gasteiger partial charge in [-0.25, -0.2) is 4.39 Å². The van der Waals surface area contributed by atoms with Crippen LogP contribution < -0.4 is 5.32 Å². The summed E-state index contributed by atoms with van der Waals surface area (Å²) in [6.07, 6.45) is 1.96. The van der Waals surface area contributed by atoms with Gasteiger partial charge in [-0.1, -0.05) is 30.3 Å². The van der Waals surface area contributed by atoms with E-state index in [1.54, 1.807) is 37.3 Å². The van der Waals surface area contributed by atoms with Crippen molar-refractivity contribution in [3.8, 4) is 0 Å².